The van der Waals surface area contributed by atoms with E-state index < -0.39 is 0 Å². The molecule has 0 radical (unpaired) electrons. The van der Waals surface area contributed by atoms with E-state index in [1.807, 2.05) is 6.07 Å². The first-order valence-electron chi connectivity index (χ1n) is 5.20. The molecule has 0 aliphatic carbocycles. The molecule has 82 valence electrons. The van der Waals surface area contributed by atoms with Gasteiger partial charge in [0.1, 0.15) is 12.1 Å². The lowest BCUT2D eigenvalue weighted by Crippen LogP contribution is -2.44. The fourth-order valence-corrected chi connectivity index (χ4v) is 1.71. The van der Waals surface area contributed by atoms with Crippen LogP contribution in [0.15, 0.2) is 18.3 Å². The molecule has 1 amide bonds. The van der Waals surface area contributed by atoms with Gasteiger partial charge in [-0.1, -0.05) is 0 Å². The number of pyridine rings is 1. The van der Waals surface area contributed by atoms with Gasteiger partial charge in [0.25, 0.3) is 0 Å². The van der Waals surface area contributed by atoms with Gasteiger partial charge in [0, 0.05) is 12.7 Å². The van der Waals surface area contributed by atoms with Crippen LogP contribution in [0.25, 0.3) is 0 Å². The van der Waals surface area contributed by atoms with E-state index in [-0.39, 0.29) is 11.9 Å². The molecule has 1 aromatic rings. The number of anilines is 1. The molecule has 0 aromatic carbocycles. The molecule has 2 rings (SSSR count). The number of aromatic nitrogens is 1. The number of hydrogen-bond acceptors (Lipinski definition) is 4. The van der Waals surface area contributed by atoms with E-state index in [0.717, 1.165) is 19.4 Å². The van der Waals surface area contributed by atoms with Gasteiger partial charge in [0.2, 0.25) is 5.91 Å². The highest BCUT2D eigenvalue weighted by molar-refractivity contribution is 5.85. The van der Waals surface area contributed by atoms with Crippen LogP contribution in [0.1, 0.15) is 18.5 Å². The average Bonchev–Trinajstić information content (AvgIpc) is 2.33. The summed E-state index contributed by atoms with van der Waals surface area (Å²) >= 11 is 0. The molecule has 16 heavy (non-hydrogen) atoms. The van der Waals surface area contributed by atoms with Crippen LogP contribution < -0.4 is 10.6 Å². The summed E-state index contributed by atoms with van der Waals surface area (Å²) in [6.45, 7) is 0.731. The Morgan fingerprint density at radius 2 is 2.50 bits per heavy atom. The second-order valence-corrected chi connectivity index (χ2v) is 3.64. The molecule has 1 aliphatic rings. The van der Waals surface area contributed by atoms with Crippen molar-refractivity contribution in [2.24, 2.45) is 0 Å². The van der Waals surface area contributed by atoms with E-state index in [4.69, 9.17) is 5.26 Å². The zero-order valence-corrected chi connectivity index (χ0v) is 8.73. The number of carbonyl (C=O) groups excluding carboxylic acids is 1. The third-order valence-electron chi connectivity index (χ3n) is 2.53. The highest BCUT2D eigenvalue weighted by Gasteiger charge is 2.22. The van der Waals surface area contributed by atoms with Crippen molar-refractivity contribution < 1.29 is 4.79 Å². The number of hydrogen-bond donors (Lipinski definition) is 2. The second kappa shape index (κ2) is 4.62. The highest BCUT2D eigenvalue weighted by atomic mass is 16.2. The van der Waals surface area contributed by atoms with Crippen LogP contribution in [0.3, 0.4) is 0 Å². The maximum atomic E-state index is 11.5. The molecule has 5 nitrogen and oxygen atoms in total. The summed E-state index contributed by atoms with van der Waals surface area (Å²) in [7, 11) is 0. The lowest BCUT2D eigenvalue weighted by Gasteiger charge is -2.23. The van der Waals surface area contributed by atoms with E-state index >= 15 is 0 Å². The van der Waals surface area contributed by atoms with Crippen molar-refractivity contribution >= 4 is 11.6 Å². The first-order chi connectivity index (χ1) is 7.81. The molecule has 5 heteroatoms. The van der Waals surface area contributed by atoms with Crippen LogP contribution >= 0.6 is 0 Å². The van der Waals surface area contributed by atoms with Crippen LogP contribution in [0.2, 0.25) is 0 Å². The first-order valence-corrected chi connectivity index (χ1v) is 5.20. The quantitative estimate of drug-likeness (QED) is 0.760. The Kier molecular flexibility index (Phi) is 3.01. The number of rotatable bonds is 2. The maximum Gasteiger partial charge on any atom is 0.242 e. The number of nitriles is 1. The summed E-state index contributed by atoms with van der Waals surface area (Å²) < 4.78 is 0. The van der Waals surface area contributed by atoms with Gasteiger partial charge >= 0.3 is 0 Å². The van der Waals surface area contributed by atoms with Gasteiger partial charge in [0.05, 0.1) is 5.69 Å². The zero-order chi connectivity index (χ0) is 11.4. The first kappa shape index (κ1) is 10.4. The Labute approximate surface area is 93.5 Å². The van der Waals surface area contributed by atoms with Crippen LogP contribution in [0.4, 0.5) is 5.69 Å². The van der Waals surface area contributed by atoms with Gasteiger partial charge in [0.15, 0.2) is 5.69 Å². The van der Waals surface area contributed by atoms with Crippen molar-refractivity contribution in [3.63, 3.8) is 0 Å². The molecule has 2 N–H and O–H groups in total. The molecule has 0 bridgehead atoms. The van der Waals surface area contributed by atoms with Crippen molar-refractivity contribution in [3.8, 4) is 6.07 Å². The predicted octanol–water partition coefficient (Wildman–Crippen LogP) is 0.644. The van der Waals surface area contributed by atoms with E-state index in [2.05, 4.69) is 15.6 Å². The van der Waals surface area contributed by atoms with Gasteiger partial charge in [-0.2, -0.15) is 5.26 Å². The molecule has 1 aromatic heterocycles. The Morgan fingerprint density at radius 3 is 3.25 bits per heavy atom. The molecule has 1 unspecified atom stereocenters. The van der Waals surface area contributed by atoms with Gasteiger partial charge < -0.3 is 10.6 Å². The van der Waals surface area contributed by atoms with Gasteiger partial charge in [-0.3, -0.25) is 4.79 Å². The lowest BCUT2D eigenvalue weighted by atomic mass is 10.1. The topological polar surface area (TPSA) is 77.8 Å². The molecule has 2 heterocycles. The average molecular weight is 216 g/mol. The predicted molar refractivity (Wildman–Crippen MR) is 58.6 cm³/mol. The summed E-state index contributed by atoms with van der Waals surface area (Å²) in [6, 6.07) is 5.23. The fraction of sp³-hybridized carbons (Fsp3) is 0.364. The minimum atomic E-state index is -0.259. The highest BCUT2D eigenvalue weighted by Crippen LogP contribution is 2.15. The largest absolute Gasteiger partial charge is 0.371 e. The summed E-state index contributed by atoms with van der Waals surface area (Å²) in [4.78, 5) is 15.5. The lowest BCUT2D eigenvalue weighted by molar-refractivity contribution is -0.123. The minimum Gasteiger partial charge on any atom is -0.371 e. The third-order valence-corrected chi connectivity index (χ3v) is 2.53. The standard InChI is InChI=1S/C11H12N4O/c12-7-10-8(3-1-5-13-10)15-9-4-2-6-14-11(9)16/h1,3,5,9,15H,2,4,6H2,(H,14,16). The van der Waals surface area contributed by atoms with Crippen molar-refractivity contribution in [1.82, 2.24) is 10.3 Å². The SMILES string of the molecule is N#Cc1ncccc1NC1CCCNC1=O. The smallest absolute Gasteiger partial charge is 0.242 e. The monoisotopic (exact) mass is 216 g/mol. The summed E-state index contributed by atoms with van der Waals surface area (Å²) in [5.74, 6) is -0.0148. The Balaban J connectivity index is 2.14. The van der Waals surface area contributed by atoms with Crippen LogP contribution in [0.5, 0.6) is 0 Å². The summed E-state index contributed by atoms with van der Waals surface area (Å²) in [5, 5.41) is 14.7. The molecule has 1 aliphatic heterocycles. The molecule has 0 spiro atoms. The molecular weight excluding hydrogens is 204 g/mol. The fourth-order valence-electron chi connectivity index (χ4n) is 1.71. The number of nitrogens with one attached hydrogen (secondary N) is 2. The number of carbonyl (C=O) groups is 1. The van der Waals surface area contributed by atoms with E-state index in [9.17, 15) is 4.79 Å². The van der Waals surface area contributed by atoms with Crippen LogP contribution in [0, 0.1) is 11.3 Å². The minimum absolute atomic E-state index is 0.0148. The Bertz CT molecular complexity index is 438. The van der Waals surface area contributed by atoms with Gasteiger partial charge in [-0.25, -0.2) is 4.98 Å². The van der Waals surface area contributed by atoms with Crippen molar-refractivity contribution in [2.75, 3.05) is 11.9 Å². The van der Waals surface area contributed by atoms with E-state index in [1.54, 1.807) is 18.3 Å². The van der Waals surface area contributed by atoms with E-state index in [1.165, 1.54) is 0 Å². The number of piperidine rings is 1. The van der Waals surface area contributed by atoms with Crippen LogP contribution in [-0.4, -0.2) is 23.5 Å². The zero-order valence-electron chi connectivity index (χ0n) is 8.73. The molecule has 1 fully saturated rings. The second-order valence-electron chi connectivity index (χ2n) is 3.64. The number of nitrogens with zero attached hydrogens (tertiary/aromatic N) is 2. The molecule has 0 saturated carbocycles. The third kappa shape index (κ3) is 2.11. The van der Waals surface area contributed by atoms with Crippen LogP contribution in [-0.2, 0) is 4.79 Å². The maximum absolute atomic E-state index is 11.5. The summed E-state index contributed by atoms with van der Waals surface area (Å²) in [5.41, 5.74) is 0.938. The normalized spacial score (nSPS) is 19.7. The van der Waals surface area contributed by atoms with Crippen molar-refractivity contribution in [3.05, 3.63) is 24.0 Å². The molecular formula is C11H12N4O. The van der Waals surface area contributed by atoms with Gasteiger partial charge in [-0.15, -0.1) is 0 Å². The Hall–Kier alpha value is -2.09. The molecule has 1 saturated heterocycles. The summed E-state index contributed by atoms with van der Waals surface area (Å²) in [6.07, 6.45) is 3.29. The Morgan fingerprint density at radius 1 is 1.62 bits per heavy atom. The van der Waals surface area contributed by atoms with Gasteiger partial charge in [-0.05, 0) is 25.0 Å². The van der Waals surface area contributed by atoms with Crippen molar-refractivity contribution in [2.45, 2.75) is 18.9 Å². The number of amides is 1. The van der Waals surface area contributed by atoms with E-state index in [0.29, 0.717) is 11.4 Å². The van der Waals surface area contributed by atoms with Crippen molar-refractivity contribution in [1.29, 1.82) is 5.26 Å². The molecule has 1 atom stereocenters.